The Hall–Kier alpha value is -0.840. The summed E-state index contributed by atoms with van der Waals surface area (Å²) < 4.78 is 13.3. The van der Waals surface area contributed by atoms with Crippen molar-refractivity contribution < 1.29 is 9.18 Å². The SMILES string of the molecule is CC1CN(C(=O)c2cccc(F)c2Cl)CCC1N.Cl. The number of nitrogens with two attached hydrogens (primary N) is 1. The largest absolute Gasteiger partial charge is 0.338 e. The normalized spacial score (nSPS) is 22.8. The highest BCUT2D eigenvalue weighted by Crippen LogP contribution is 2.23. The average Bonchev–Trinajstić information content (AvgIpc) is 2.35. The molecule has 19 heavy (non-hydrogen) atoms. The molecule has 1 aromatic rings. The highest BCUT2D eigenvalue weighted by Gasteiger charge is 2.28. The minimum absolute atomic E-state index is 0. The van der Waals surface area contributed by atoms with Gasteiger partial charge in [-0.15, -0.1) is 12.4 Å². The summed E-state index contributed by atoms with van der Waals surface area (Å²) in [5.74, 6) is -0.544. The number of likely N-dealkylation sites (tertiary alicyclic amines) is 1. The number of hydrogen-bond donors (Lipinski definition) is 1. The monoisotopic (exact) mass is 306 g/mol. The molecule has 1 aromatic carbocycles. The van der Waals surface area contributed by atoms with Crippen LogP contribution in [0, 0.1) is 11.7 Å². The molecule has 1 aliphatic rings. The van der Waals surface area contributed by atoms with E-state index in [2.05, 4.69) is 0 Å². The van der Waals surface area contributed by atoms with E-state index < -0.39 is 5.82 Å². The molecule has 2 unspecified atom stereocenters. The maximum absolute atomic E-state index is 13.3. The van der Waals surface area contributed by atoms with Crippen molar-refractivity contribution in [3.8, 4) is 0 Å². The summed E-state index contributed by atoms with van der Waals surface area (Å²) in [5, 5.41) is -0.106. The second kappa shape index (κ2) is 6.55. The van der Waals surface area contributed by atoms with Gasteiger partial charge in [0, 0.05) is 19.1 Å². The fourth-order valence-corrected chi connectivity index (χ4v) is 2.39. The number of nitrogens with zero attached hydrogens (tertiary/aromatic N) is 1. The molecule has 0 radical (unpaired) electrons. The van der Waals surface area contributed by atoms with Gasteiger partial charge in [-0.25, -0.2) is 4.39 Å². The lowest BCUT2D eigenvalue weighted by Gasteiger charge is -2.35. The summed E-state index contributed by atoms with van der Waals surface area (Å²) in [7, 11) is 0. The second-order valence-electron chi connectivity index (χ2n) is 4.78. The molecule has 1 aliphatic heterocycles. The van der Waals surface area contributed by atoms with Gasteiger partial charge in [0.25, 0.3) is 5.91 Å². The first kappa shape index (κ1) is 16.2. The molecule has 0 bridgehead atoms. The van der Waals surface area contributed by atoms with E-state index in [1.165, 1.54) is 12.1 Å². The quantitative estimate of drug-likeness (QED) is 0.867. The van der Waals surface area contributed by atoms with Crippen LogP contribution in [-0.2, 0) is 0 Å². The molecule has 0 aliphatic carbocycles. The van der Waals surface area contributed by atoms with Gasteiger partial charge in [-0.1, -0.05) is 24.6 Å². The Morgan fingerprint density at radius 3 is 2.84 bits per heavy atom. The summed E-state index contributed by atoms with van der Waals surface area (Å²) >= 11 is 5.83. The molecule has 2 N–H and O–H groups in total. The van der Waals surface area contributed by atoms with Crippen LogP contribution in [0.4, 0.5) is 4.39 Å². The smallest absolute Gasteiger partial charge is 0.255 e. The van der Waals surface area contributed by atoms with Gasteiger partial charge in [0.2, 0.25) is 0 Å². The summed E-state index contributed by atoms with van der Waals surface area (Å²) in [4.78, 5) is 13.9. The Morgan fingerprint density at radius 1 is 1.53 bits per heavy atom. The van der Waals surface area contributed by atoms with Crippen LogP contribution in [0.5, 0.6) is 0 Å². The van der Waals surface area contributed by atoms with Gasteiger partial charge in [-0.2, -0.15) is 0 Å². The fourth-order valence-electron chi connectivity index (χ4n) is 2.19. The van der Waals surface area contributed by atoms with E-state index in [1.54, 1.807) is 11.0 Å². The number of carbonyl (C=O) groups is 1. The van der Waals surface area contributed by atoms with Gasteiger partial charge in [0.05, 0.1) is 10.6 Å². The molecule has 0 aromatic heterocycles. The lowest BCUT2D eigenvalue weighted by molar-refractivity contribution is 0.0664. The first-order valence-corrected chi connectivity index (χ1v) is 6.37. The third-order valence-corrected chi connectivity index (χ3v) is 3.82. The second-order valence-corrected chi connectivity index (χ2v) is 5.16. The van der Waals surface area contributed by atoms with E-state index in [9.17, 15) is 9.18 Å². The fraction of sp³-hybridized carbons (Fsp3) is 0.462. The zero-order valence-corrected chi connectivity index (χ0v) is 12.2. The Labute approximate surface area is 123 Å². The van der Waals surface area contributed by atoms with Crippen molar-refractivity contribution in [3.63, 3.8) is 0 Å². The van der Waals surface area contributed by atoms with Crippen LogP contribution in [0.2, 0.25) is 5.02 Å². The Kier molecular flexibility index (Phi) is 5.59. The van der Waals surface area contributed by atoms with E-state index in [-0.39, 0.29) is 40.9 Å². The molecule has 2 rings (SSSR count). The average molecular weight is 307 g/mol. The number of carbonyl (C=O) groups excluding carboxylic acids is 1. The van der Waals surface area contributed by atoms with Crippen LogP contribution in [0.3, 0.4) is 0 Å². The summed E-state index contributed by atoms with van der Waals surface area (Å²) in [6.45, 7) is 3.20. The van der Waals surface area contributed by atoms with Crippen molar-refractivity contribution >= 4 is 29.9 Å². The number of amides is 1. The van der Waals surface area contributed by atoms with Crippen molar-refractivity contribution in [2.24, 2.45) is 11.7 Å². The van der Waals surface area contributed by atoms with Gasteiger partial charge >= 0.3 is 0 Å². The van der Waals surface area contributed by atoms with Gasteiger partial charge < -0.3 is 10.6 Å². The number of piperidine rings is 1. The van der Waals surface area contributed by atoms with Crippen molar-refractivity contribution in [1.82, 2.24) is 4.90 Å². The molecule has 1 fully saturated rings. The van der Waals surface area contributed by atoms with E-state index >= 15 is 0 Å². The van der Waals surface area contributed by atoms with Crippen LogP contribution in [-0.4, -0.2) is 29.9 Å². The van der Waals surface area contributed by atoms with E-state index in [0.29, 0.717) is 13.1 Å². The van der Waals surface area contributed by atoms with Crippen molar-refractivity contribution in [2.75, 3.05) is 13.1 Å². The number of benzene rings is 1. The van der Waals surface area contributed by atoms with Crippen molar-refractivity contribution in [3.05, 3.63) is 34.6 Å². The molecular formula is C13H17Cl2FN2O. The summed E-state index contributed by atoms with van der Waals surface area (Å²) in [5.41, 5.74) is 6.13. The zero-order valence-electron chi connectivity index (χ0n) is 10.6. The first-order valence-electron chi connectivity index (χ1n) is 5.99. The molecule has 6 heteroatoms. The molecule has 1 heterocycles. The molecular weight excluding hydrogens is 290 g/mol. The Balaban J connectivity index is 0.00000180. The Bertz CT molecular complexity index is 470. The first-order chi connectivity index (χ1) is 8.50. The zero-order chi connectivity index (χ0) is 13.3. The topological polar surface area (TPSA) is 46.3 Å². The van der Waals surface area contributed by atoms with Gasteiger partial charge in [-0.05, 0) is 24.5 Å². The van der Waals surface area contributed by atoms with Crippen LogP contribution < -0.4 is 5.73 Å². The summed E-state index contributed by atoms with van der Waals surface area (Å²) in [6.07, 6.45) is 0.764. The van der Waals surface area contributed by atoms with Crippen molar-refractivity contribution in [2.45, 2.75) is 19.4 Å². The lowest BCUT2D eigenvalue weighted by atomic mass is 9.94. The molecule has 1 saturated heterocycles. The summed E-state index contributed by atoms with van der Waals surface area (Å²) in [6, 6.07) is 4.41. The highest BCUT2D eigenvalue weighted by molar-refractivity contribution is 6.34. The molecule has 0 spiro atoms. The predicted octanol–water partition coefficient (Wildman–Crippen LogP) is 2.71. The lowest BCUT2D eigenvalue weighted by Crippen LogP contribution is -2.48. The third kappa shape index (κ3) is 3.38. The number of rotatable bonds is 1. The van der Waals surface area contributed by atoms with E-state index in [0.717, 1.165) is 6.42 Å². The van der Waals surface area contributed by atoms with Crippen LogP contribution in [0.1, 0.15) is 23.7 Å². The van der Waals surface area contributed by atoms with E-state index in [1.807, 2.05) is 6.92 Å². The predicted molar refractivity (Wildman–Crippen MR) is 76.3 cm³/mol. The molecule has 1 amide bonds. The van der Waals surface area contributed by atoms with Gasteiger partial charge in [-0.3, -0.25) is 4.79 Å². The molecule has 106 valence electrons. The van der Waals surface area contributed by atoms with Crippen LogP contribution in [0.15, 0.2) is 18.2 Å². The minimum atomic E-state index is -0.565. The standard InChI is InChI=1S/C13H16ClFN2O.ClH/c1-8-7-17(6-5-11(8)16)13(18)9-3-2-4-10(15)12(9)14;/h2-4,8,11H,5-7,16H2,1H3;1H. The highest BCUT2D eigenvalue weighted by atomic mass is 35.5. The number of hydrogen-bond acceptors (Lipinski definition) is 2. The third-order valence-electron chi connectivity index (χ3n) is 3.44. The molecule has 3 nitrogen and oxygen atoms in total. The molecule has 0 saturated carbocycles. The van der Waals surface area contributed by atoms with Crippen molar-refractivity contribution in [1.29, 1.82) is 0 Å². The van der Waals surface area contributed by atoms with Crippen LogP contribution >= 0.6 is 24.0 Å². The Morgan fingerprint density at radius 2 is 2.21 bits per heavy atom. The molecule has 2 atom stereocenters. The van der Waals surface area contributed by atoms with Crippen LogP contribution in [0.25, 0.3) is 0 Å². The maximum Gasteiger partial charge on any atom is 0.255 e. The minimum Gasteiger partial charge on any atom is -0.338 e. The number of halogens is 3. The maximum atomic E-state index is 13.3. The van der Waals surface area contributed by atoms with E-state index in [4.69, 9.17) is 17.3 Å². The van der Waals surface area contributed by atoms with Gasteiger partial charge in [0.15, 0.2) is 0 Å². The van der Waals surface area contributed by atoms with Gasteiger partial charge in [0.1, 0.15) is 5.82 Å².